The number of hydrogen-bond acceptors (Lipinski definition) is 5. The molecule has 3 heterocycles. The monoisotopic (exact) mass is 429 g/mol. The quantitative estimate of drug-likeness (QED) is 0.480. The molecule has 5 rings (SSSR count). The number of benzene rings is 2. The van der Waals surface area contributed by atoms with Crippen LogP contribution in [0.2, 0.25) is 0 Å². The number of likely N-dealkylation sites (tertiary alicyclic amines) is 1. The first-order chi connectivity index (χ1) is 15.6. The Morgan fingerprint density at radius 1 is 1.09 bits per heavy atom. The van der Waals surface area contributed by atoms with Gasteiger partial charge in [0.15, 0.2) is 0 Å². The van der Waals surface area contributed by atoms with Gasteiger partial charge in [-0.2, -0.15) is 0 Å². The van der Waals surface area contributed by atoms with Crippen LogP contribution in [-0.4, -0.2) is 43.2 Å². The summed E-state index contributed by atoms with van der Waals surface area (Å²) in [6.07, 6.45) is 4.24. The van der Waals surface area contributed by atoms with Crippen LogP contribution in [0.25, 0.3) is 22.2 Å². The predicted molar refractivity (Wildman–Crippen MR) is 122 cm³/mol. The first-order valence-corrected chi connectivity index (χ1v) is 10.5. The van der Waals surface area contributed by atoms with Crippen LogP contribution in [-0.2, 0) is 6.54 Å². The molecule has 0 bridgehead atoms. The lowest BCUT2D eigenvalue weighted by atomic mass is 10.1. The van der Waals surface area contributed by atoms with Gasteiger partial charge in [0.05, 0.1) is 11.4 Å². The number of aromatic nitrogens is 3. The van der Waals surface area contributed by atoms with Crippen LogP contribution in [0.4, 0.5) is 10.6 Å². The average molecular weight is 429 g/mol. The van der Waals surface area contributed by atoms with Gasteiger partial charge in [-0.15, -0.1) is 0 Å². The van der Waals surface area contributed by atoms with E-state index in [0.717, 1.165) is 40.9 Å². The molecule has 1 aliphatic rings. The highest BCUT2D eigenvalue weighted by atomic mass is 16.5. The van der Waals surface area contributed by atoms with Gasteiger partial charge in [-0.3, -0.25) is 0 Å². The molecular weight excluding hydrogens is 406 g/mol. The lowest BCUT2D eigenvalue weighted by molar-refractivity contribution is 0.136. The Morgan fingerprint density at radius 3 is 2.59 bits per heavy atom. The largest absolute Gasteiger partial charge is 0.465 e. The Balaban J connectivity index is 1.48. The van der Waals surface area contributed by atoms with Gasteiger partial charge in [0.2, 0.25) is 0 Å². The van der Waals surface area contributed by atoms with E-state index in [4.69, 9.17) is 10.5 Å². The van der Waals surface area contributed by atoms with Crippen molar-refractivity contribution >= 4 is 22.9 Å². The Bertz CT molecular complexity index is 1250. The van der Waals surface area contributed by atoms with Crippen LogP contribution in [0, 0.1) is 0 Å². The van der Waals surface area contributed by atoms with E-state index < -0.39 is 6.09 Å². The van der Waals surface area contributed by atoms with Gasteiger partial charge in [-0.05, 0) is 42.7 Å². The highest BCUT2D eigenvalue weighted by Gasteiger charge is 2.29. The summed E-state index contributed by atoms with van der Waals surface area (Å²) in [5.74, 6) is 1.90. The van der Waals surface area contributed by atoms with E-state index in [0.29, 0.717) is 24.6 Å². The maximum absolute atomic E-state index is 11.6. The van der Waals surface area contributed by atoms with Gasteiger partial charge >= 0.3 is 6.09 Å². The van der Waals surface area contributed by atoms with Crippen molar-refractivity contribution in [3.8, 4) is 22.6 Å². The summed E-state index contributed by atoms with van der Waals surface area (Å²) in [5.41, 5.74) is 8.80. The average Bonchev–Trinajstić information content (AvgIpc) is 3.41. The van der Waals surface area contributed by atoms with E-state index >= 15 is 0 Å². The highest BCUT2D eigenvalue weighted by Crippen LogP contribution is 2.35. The number of ether oxygens (including phenoxy) is 1. The molecule has 1 amide bonds. The van der Waals surface area contributed by atoms with Gasteiger partial charge in [0.1, 0.15) is 29.3 Å². The third-order valence-corrected chi connectivity index (χ3v) is 5.86. The Labute approximate surface area is 184 Å². The summed E-state index contributed by atoms with van der Waals surface area (Å²) in [4.78, 5) is 21.7. The number of fused-ring (bicyclic) bond motifs is 1. The van der Waals surface area contributed by atoms with Crippen molar-refractivity contribution < 1.29 is 14.6 Å². The van der Waals surface area contributed by atoms with Crippen molar-refractivity contribution in [3.05, 3.63) is 67.1 Å². The van der Waals surface area contributed by atoms with Crippen molar-refractivity contribution in [1.29, 1.82) is 0 Å². The molecule has 2 aromatic carbocycles. The first-order valence-electron chi connectivity index (χ1n) is 10.5. The predicted octanol–water partition coefficient (Wildman–Crippen LogP) is 4.62. The molecule has 162 valence electrons. The molecular formula is C24H23N5O3. The van der Waals surface area contributed by atoms with Gasteiger partial charge in [-0.1, -0.05) is 30.3 Å². The zero-order valence-electron chi connectivity index (χ0n) is 17.4. The number of nitrogens with two attached hydrogens (primary N) is 1. The molecule has 1 atom stereocenters. The van der Waals surface area contributed by atoms with Crippen molar-refractivity contribution in [2.45, 2.75) is 25.4 Å². The summed E-state index contributed by atoms with van der Waals surface area (Å²) in [5, 5.41) is 10.3. The number of para-hydroxylation sites is 1. The third-order valence-electron chi connectivity index (χ3n) is 5.86. The molecule has 1 saturated heterocycles. The molecule has 8 nitrogen and oxygen atoms in total. The summed E-state index contributed by atoms with van der Waals surface area (Å²) in [6.45, 7) is 1.08. The number of anilines is 1. The molecule has 0 radical (unpaired) electrons. The standard InChI is InChI=1S/C24H23N5O3/c25-22-21-20(16-8-10-19(11-9-16)32-18-6-2-1-3-7-18)14-28(23(21)27-15-26-22)13-17-5-4-12-29(17)24(30)31/h1-3,6-11,14-15,17H,4-5,12-13H2,(H,30,31)(H2,25,26,27)/t17-/m0/s1. The first kappa shape index (κ1) is 19.9. The molecule has 1 fully saturated rings. The van der Waals surface area contributed by atoms with E-state index in [1.165, 1.54) is 11.2 Å². The van der Waals surface area contributed by atoms with Crippen molar-refractivity contribution in [1.82, 2.24) is 19.4 Å². The van der Waals surface area contributed by atoms with E-state index in [9.17, 15) is 9.90 Å². The smallest absolute Gasteiger partial charge is 0.407 e. The minimum absolute atomic E-state index is 0.0891. The SMILES string of the molecule is Nc1ncnc2c1c(-c1ccc(Oc3ccccc3)cc1)cn2C[C@@H]1CCCN1C(=O)O. The van der Waals surface area contributed by atoms with Crippen LogP contribution >= 0.6 is 0 Å². The lowest BCUT2D eigenvalue weighted by Crippen LogP contribution is -2.36. The third kappa shape index (κ3) is 3.71. The number of carbonyl (C=O) groups is 1. The van der Waals surface area contributed by atoms with Crippen molar-refractivity contribution in [2.24, 2.45) is 0 Å². The fourth-order valence-electron chi connectivity index (χ4n) is 4.34. The molecule has 1 aliphatic heterocycles. The van der Waals surface area contributed by atoms with Crippen LogP contribution in [0.5, 0.6) is 11.5 Å². The number of hydrogen-bond donors (Lipinski definition) is 2. The van der Waals surface area contributed by atoms with E-state index in [1.807, 2.05) is 65.4 Å². The van der Waals surface area contributed by atoms with Gasteiger partial charge in [-0.25, -0.2) is 14.8 Å². The van der Waals surface area contributed by atoms with E-state index in [2.05, 4.69) is 9.97 Å². The summed E-state index contributed by atoms with van der Waals surface area (Å²) >= 11 is 0. The zero-order chi connectivity index (χ0) is 22.1. The fourth-order valence-corrected chi connectivity index (χ4v) is 4.34. The lowest BCUT2D eigenvalue weighted by Gasteiger charge is -2.22. The minimum atomic E-state index is -0.882. The maximum atomic E-state index is 11.6. The van der Waals surface area contributed by atoms with E-state index in [-0.39, 0.29) is 6.04 Å². The topological polar surface area (TPSA) is 107 Å². The summed E-state index contributed by atoms with van der Waals surface area (Å²) < 4.78 is 7.88. The Hall–Kier alpha value is -4.07. The van der Waals surface area contributed by atoms with Gasteiger partial charge in [0.25, 0.3) is 0 Å². The number of nitrogens with zero attached hydrogens (tertiary/aromatic N) is 4. The molecule has 2 aromatic heterocycles. The molecule has 0 unspecified atom stereocenters. The summed E-state index contributed by atoms with van der Waals surface area (Å²) in [7, 11) is 0. The van der Waals surface area contributed by atoms with E-state index in [1.54, 1.807) is 0 Å². The second-order valence-corrected chi connectivity index (χ2v) is 7.86. The Morgan fingerprint density at radius 2 is 1.84 bits per heavy atom. The van der Waals surface area contributed by atoms with Crippen LogP contribution in [0.1, 0.15) is 12.8 Å². The fraction of sp³-hybridized carbons (Fsp3) is 0.208. The molecule has 4 aromatic rings. The van der Waals surface area contributed by atoms with Gasteiger partial charge < -0.3 is 25.0 Å². The molecule has 32 heavy (non-hydrogen) atoms. The van der Waals surface area contributed by atoms with Gasteiger partial charge in [0, 0.05) is 24.8 Å². The Kier molecular flexibility index (Phi) is 5.10. The maximum Gasteiger partial charge on any atom is 0.407 e. The molecule has 0 spiro atoms. The number of nitrogen functional groups attached to an aromatic ring is 1. The number of rotatable bonds is 5. The van der Waals surface area contributed by atoms with Crippen molar-refractivity contribution in [3.63, 3.8) is 0 Å². The molecule has 0 saturated carbocycles. The van der Waals surface area contributed by atoms with Crippen LogP contribution in [0.3, 0.4) is 0 Å². The zero-order valence-corrected chi connectivity index (χ0v) is 17.4. The summed E-state index contributed by atoms with van der Waals surface area (Å²) in [6, 6.07) is 17.3. The second kappa shape index (κ2) is 8.22. The van der Waals surface area contributed by atoms with Crippen molar-refractivity contribution in [2.75, 3.05) is 12.3 Å². The second-order valence-electron chi connectivity index (χ2n) is 7.86. The van der Waals surface area contributed by atoms with Crippen LogP contribution in [0.15, 0.2) is 67.1 Å². The molecule has 8 heteroatoms. The van der Waals surface area contributed by atoms with Crippen LogP contribution < -0.4 is 10.5 Å². The molecule has 3 N–H and O–H groups in total. The molecule has 0 aliphatic carbocycles. The minimum Gasteiger partial charge on any atom is -0.465 e. The number of carboxylic acid groups (broad SMARTS) is 1. The highest BCUT2D eigenvalue weighted by molar-refractivity contribution is 6.00. The number of amides is 1. The normalized spacial score (nSPS) is 15.9.